The van der Waals surface area contributed by atoms with Gasteiger partial charge in [-0.1, -0.05) is 24.3 Å². The summed E-state index contributed by atoms with van der Waals surface area (Å²) in [7, 11) is 0. The Morgan fingerprint density at radius 3 is 2.67 bits per heavy atom. The molecule has 0 radical (unpaired) electrons. The maximum atomic E-state index is 12.1. The summed E-state index contributed by atoms with van der Waals surface area (Å²) in [6.07, 6.45) is 1.16. The number of ether oxygens (including phenoxy) is 2. The fourth-order valence-electron chi connectivity index (χ4n) is 2.59. The summed E-state index contributed by atoms with van der Waals surface area (Å²) < 4.78 is 33.9. The van der Waals surface area contributed by atoms with Gasteiger partial charge >= 0.3 is 6.61 Å². The van der Waals surface area contributed by atoms with E-state index in [1.54, 1.807) is 12.1 Å². The zero-order valence-corrected chi connectivity index (χ0v) is 12.9. The minimum atomic E-state index is -2.84. The summed E-state index contributed by atoms with van der Waals surface area (Å²) in [5.74, 6) is 0.896. The Balaban J connectivity index is 1.50. The Morgan fingerprint density at radius 2 is 1.92 bits per heavy atom. The lowest BCUT2D eigenvalue weighted by Gasteiger charge is -2.08. The van der Waals surface area contributed by atoms with Crippen molar-refractivity contribution < 1.29 is 23.0 Å². The van der Waals surface area contributed by atoms with Crippen molar-refractivity contribution in [2.24, 2.45) is 0 Å². The zero-order chi connectivity index (χ0) is 16.9. The van der Waals surface area contributed by atoms with Crippen molar-refractivity contribution in [3.05, 3.63) is 59.2 Å². The molecule has 0 aromatic heterocycles. The minimum Gasteiger partial charge on any atom is -0.493 e. The van der Waals surface area contributed by atoms with Gasteiger partial charge in [0, 0.05) is 13.0 Å². The molecule has 0 bridgehead atoms. The summed E-state index contributed by atoms with van der Waals surface area (Å²) in [6.45, 7) is -1.81. The van der Waals surface area contributed by atoms with Crippen LogP contribution in [-0.2, 0) is 24.2 Å². The number of benzene rings is 2. The topological polar surface area (TPSA) is 47.6 Å². The molecular formula is C18H17F2NO3. The molecule has 0 saturated heterocycles. The van der Waals surface area contributed by atoms with Crippen molar-refractivity contribution in [2.45, 2.75) is 26.0 Å². The highest BCUT2D eigenvalue weighted by atomic mass is 19.3. The van der Waals surface area contributed by atoms with Gasteiger partial charge in [-0.15, -0.1) is 0 Å². The van der Waals surface area contributed by atoms with Crippen LogP contribution < -0.4 is 14.8 Å². The van der Waals surface area contributed by atoms with Gasteiger partial charge in [0.15, 0.2) is 0 Å². The van der Waals surface area contributed by atoms with Crippen LogP contribution in [0.4, 0.5) is 8.78 Å². The van der Waals surface area contributed by atoms with Gasteiger partial charge in [-0.25, -0.2) is 0 Å². The molecule has 1 heterocycles. The highest BCUT2D eigenvalue weighted by Gasteiger charge is 2.13. The SMILES string of the molecule is O=C(Cc1ccc2c(c1)CCO2)NCc1ccc(OC(F)F)cc1. The fourth-order valence-corrected chi connectivity index (χ4v) is 2.59. The molecule has 6 heteroatoms. The van der Waals surface area contributed by atoms with E-state index in [2.05, 4.69) is 10.1 Å². The third-order valence-electron chi connectivity index (χ3n) is 3.76. The number of nitrogens with one attached hydrogen (secondary N) is 1. The predicted molar refractivity (Wildman–Crippen MR) is 84.3 cm³/mol. The second-order valence-electron chi connectivity index (χ2n) is 5.52. The van der Waals surface area contributed by atoms with Gasteiger partial charge < -0.3 is 14.8 Å². The maximum absolute atomic E-state index is 12.1. The molecule has 0 aliphatic carbocycles. The highest BCUT2D eigenvalue weighted by molar-refractivity contribution is 5.78. The van der Waals surface area contributed by atoms with Gasteiger partial charge in [-0.05, 0) is 34.9 Å². The van der Waals surface area contributed by atoms with Crippen molar-refractivity contribution >= 4 is 5.91 Å². The van der Waals surface area contributed by atoms with Crippen LogP contribution in [0.2, 0.25) is 0 Å². The Bertz CT molecular complexity index is 717. The number of rotatable bonds is 6. The third kappa shape index (κ3) is 4.22. The first-order valence-corrected chi connectivity index (χ1v) is 7.65. The molecule has 4 nitrogen and oxygen atoms in total. The quantitative estimate of drug-likeness (QED) is 0.884. The van der Waals surface area contributed by atoms with Gasteiger partial charge in [-0.2, -0.15) is 8.78 Å². The molecule has 2 aromatic rings. The van der Waals surface area contributed by atoms with Crippen molar-refractivity contribution in [3.8, 4) is 11.5 Å². The van der Waals surface area contributed by atoms with Crippen LogP contribution in [0.1, 0.15) is 16.7 Å². The lowest BCUT2D eigenvalue weighted by molar-refractivity contribution is -0.120. The minimum absolute atomic E-state index is 0.0956. The van der Waals surface area contributed by atoms with Crippen LogP contribution in [0.5, 0.6) is 11.5 Å². The van der Waals surface area contributed by atoms with Crippen LogP contribution >= 0.6 is 0 Å². The summed E-state index contributed by atoms with van der Waals surface area (Å²) in [5.41, 5.74) is 2.89. The van der Waals surface area contributed by atoms with Crippen LogP contribution in [0, 0.1) is 0 Å². The van der Waals surface area contributed by atoms with Crippen LogP contribution in [-0.4, -0.2) is 19.1 Å². The van der Waals surface area contributed by atoms with Gasteiger partial charge in [0.2, 0.25) is 5.91 Å². The molecule has 0 atom stereocenters. The van der Waals surface area contributed by atoms with Gasteiger partial charge in [0.25, 0.3) is 0 Å². The summed E-state index contributed by atoms with van der Waals surface area (Å²) in [5, 5.41) is 2.82. The molecule has 1 amide bonds. The largest absolute Gasteiger partial charge is 0.493 e. The normalized spacial score (nSPS) is 12.6. The lowest BCUT2D eigenvalue weighted by Crippen LogP contribution is -2.24. The molecule has 2 aromatic carbocycles. The molecular weight excluding hydrogens is 316 g/mol. The van der Waals surface area contributed by atoms with E-state index in [1.807, 2.05) is 18.2 Å². The summed E-state index contributed by atoms with van der Waals surface area (Å²) in [6, 6.07) is 12.0. The summed E-state index contributed by atoms with van der Waals surface area (Å²) >= 11 is 0. The molecule has 0 spiro atoms. The number of fused-ring (bicyclic) bond motifs is 1. The number of amides is 1. The maximum Gasteiger partial charge on any atom is 0.387 e. The van der Waals surface area contributed by atoms with E-state index in [9.17, 15) is 13.6 Å². The van der Waals surface area contributed by atoms with Crippen LogP contribution in [0.15, 0.2) is 42.5 Å². The Morgan fingerprint density at radius 1 is 1.17 bits per heavy atom. The zero-order valence-electron chi connectivity index (χ0n) is 12.9. The first-order chi connectivity index (χ1) is 11.6. The molecule has 1 aliphatic rings. The van der Waals surface area contributed by atoms with E-state index in [4.69, 9.17) is 4.74 Å². The number of carbonyl (C=O) groups excluding carboxylic acids is 1. The second kappa shape index (κ2) is 7.29. The molecule has 3 rings (SSSR count). The van der Waals surface area contributed by atoms with Crippen molar-refractivity contribution in [3.63, 3.8) is 0 Å². The average Bonchev–Trinajstić information content (AvgIpc) is 3.01. The second-order valence-corrected chi connectivity index (χ2v) is 5.52. The first-order valence-electron chi connectivity index (χ1n) is 7.65. The van der Waals surface area contributed by atoms with Gasteiger partial charge in [0.1, 0.15) is 11.5 Å². The van der Waals surface area contributed by atoms with E-state index >= 15 is 0 Å². The highest BCUT2D eigenvalue weighted by Crippen LogP contribution is 2.26. The number of alkyl halides is 2. The third-order valence-corrected chi connectivity index (χ3v) is 3.76. The van der Waals surface area contributed by atoms with Crippen LogP contribution in [0.3, 0.4) is 0 Å². The molecule has 126 valence electrons. The number of hydrogen-bond donors (Lipinski definition) is 1. The number of halogens is 2. The van der Waals surface area contributed by atoms with E-state index in [0.29, 0.717) is 19.6 Å². The van der Waals surface area contributed by atoms with Crippen molar-refractivity contribution in [2.75, 3.05) is 6.61 Å². The van der Waals surface area contributed by atoms with Gasteiger partial charge in [-0.3, -0.25) is 4.79 Å². The molecule has 1 aliphatic heterocycles. The molecule has 24 heavy (non-hydrogen) atoms. The smallest absolute Gasteiger partial charge is 0.387 e. The predicted octanol–water partition coefficient (Wildman–Crippen LogP) is 3.08. The van der Waals surface area contributed by atoms with Gasteiger partial charge in [0.05, 0.1) is 13.0 Å². The Labute approximate surface area is 138 Å². The van der Waals surface area contributed by atoms with Crippen molar-refractivity contribution in [1.29, 1.82) is 0 Å². The summed E-state index contributed by atoms with van der Waals surface area (Å²) in [4.78, 5) is 12.0. The molecule has 0 fully saturated rings. The van der Waals surface area contributed by atoms with Crippen molar-refractivity contribution in [1.82, 2.24) is 5.32 Å². The van der Waals surface area contributed by atoms with E-state index in [-0.39, 0.29) is 11.7 Å². The Hall–Kier alpha value is -2.63. The molecule has 0 saturated carbocycles. The average molecular weight is 333 g/mol. The van der Waals surface area contributed by atoms with E-state index in [1.165, 1.54) is 12.1 Å². The van der Waals surface area contributed by atoms with Crippen LogP contribution in [0.25, 0.3) is 0 Å². The standard InChI is InChI=1S/C18H17F2NO3/c19-18(20)24-15-4-1-12(2-5-15)11-21-17(22)10-13-3-6-16-14(9-13)7-8-23-16/h1-6,9,18H,7-8,10-11H2,(H,21,22). The van der Waals surface area contributed by atoms with E-state index < -0.39 is 6.61 Å². The Kier molecular flexibility index (Phi) is 4.93. The fraction of sp³-hybridized carbons (Fsp3) is 0.278. The monoisotopic (exact) mass is 333 g/mol. The number of hydrogen-bond acceptors (Lipinski definition) is 3. The lowest BCUT2D eigenvalue weighted by atomic mass is 10.1. The number of carbonyl (C=O) groups is 1. The first kappa shape index (κ1) is 16.2. The van der Waals surface area contributed by atoms with E-state index in [0.717, 1.165) is 28.9 Å². The molecule has 0 unspecified atom stereocenters. The molecule has 1 N–H and O–H groups in total.